The first-order chi connectivity index (χ1) is 14.1. The van der Waals surface area contributed by atoms with Crippen LogP contribution in [0.4, 0.5) is 21.9 Å². The summed E-state index contributed by atoms with van der Waals surface area (Å²) >= 11 is 0. The molecule has 0 aliphatic carbocycles. The maximum atomic E-state index is 12.2. The molecule has 2 N–H and O–H groups in total. The van der Waals surface area contributed by atoms with Gasteiger partial charge in [-0.3, -0.25) is 15.0 Å². The van der Waals surface area contributed by atoms with E-state index < -0.39 is 10.5 Å². The standard InChI is InChI=1S/C21H33N5O4/c1-21(2,3)30-20(27)25-12-10-23(11-13-25)15-16-6-8-24(9-7-16)17-4-5-19(26(28)29)18(22)14-17/h4-5,14,16H,6-13,15,22H2,1-3H3. The molecule has 2 aliphatic heterocycles. The van der Waals surface area contributed by atoms with Gasteiger partial charge in [-0.1, -0.05) is 0 Å². The van der Waals surface area contributed by atoms with E-state index >= 15 is 0 Å². The summed E-state index contributed by atoms with van der Waals surface area (Å²) < 4.78 is 5.46. The summed E-state index contributed by atoms with van der Waals surface area (Å²) in [6.45, 7) is 11.7. The topological polar surface area (TPSA) is 105 Å². The molecule has 1 aromatic rings. The van der Waals surface area contributed by atoms with Crippen LogP contribution in [0.2, 0.25) is 0 Å². The lowest BCUT2D eigenvalue weighted by Gasteiger charge is -2.39. The van der Waals surface area contributed by atoms with Crippen molar-refractivity contribution in [3.8, 4) is 0 Å². The molecule has 3 rings (SSSR count). The number of hydrogen-bond donors (Lipinski definition) is 1. The van der Waals surface area contributed by atoms with Gasteiger partial charge in [0, 0.05) is 57.6 Å². The van der Waals surface area contributed by atoms with Crippen molar-refractivity contribution in [1.82, 2.24) is 9.80 Å². The van der Waals surface area contributed by atoms with E-state index in [1.807, 2.05) is 20.8 Å². The smallest absolute Gasteiger partial charge is 0.410 e. The Kier molecular flexibility index (Phi) is 6.70. The number of carbonyl (C=O) groups is 1. The number of carbonyl (C=O) groups excluding carboxylic acids is 1. The fourth-order valence-corrected chi connectivity index (χ4v) is 4.08. The fraction of sp³-hybridized carbons (Fsp3) is 0.667. The number of nitro groups is 1. The number of ether oxygens (including phenoxy) is 1. The molecule has 0 saturated carbocycles. The van der Waals surface area contributed by atoms with Crippen molar-refractivity contribution in [1.29, 1.82) is 0 Å². The largest absolute Gasteiger partial charge is 0.444 e. The van der Waals surface area contributed by atoms with E-state index in [4.69, 9.17) is 10.5 Å². The van der Waals surface area contributed by atoms with E-state index in [1.165, 1.54) is 6.07 Å². The van der Waals surface area contributed by atoms with Gasteiger partial charge in [0.1, 0.15) is 11.3 Å². The molecule has 30 heavy (non-hydrogen) atoms. The van der Waals surface area contributed by atoms with Gasteiger partial charge in [-0.05, 0) is 51.7 Å². The molecule has 0 aromatic heterocycles. The number of piperidine rings is 1. The molecule has 1 amide bonds. The minimum absolute atomic E-state index is 0.0424. The summed E-state index contributed by atoms with van der Waals surface area (Å²) in [7, 11) is 0. The van der Waals surface area contributed by atoms with Crippen molar-refractivity contribution in [2.45, 2.75) is 39.2 Å². The quantitative estimate of drug-likeness (QED) is 0.454. The van der Waals surface area contributed by atoms with Crippen LogP contribution < -0.4 is 10.6 Å². The van der Waals surface area contributed by atoms with E-state index in [1.54, 1.807) is 17.0 Å². The van der Waals surface area contributed by atoms with Crippen LogP contribution in [0.5, 0.6) is 0 Å². The molecule has 166 valence electrons. The molecule has 2 aliphatic rings. The van der Waals surface area contributed by atoms with Gasteiger partial charge in [-0.2, -0.15) is 0 Å². The third kappa shape index (κ3) is 5.75. The number of amides is 1. The van der Waals surface area contributed by atoms with Crippen LogP contribution in [0, 0.1) is 16.0 Å². The molecule has 2 heterocycles. The molecule has 9 heteroatoms. The van der Waals surface area contributed by atoms with Gasteiger partial charge < -0.3 is 20.3 Å². The fourth-order valence-electron chi connectivity index (χ4n) is 4.08. The highest BCUT2D eigenvalue weighted by Crippen LogP contribution is 2.30. The van der Waals surface area contributed by atoms with Gasteiger partial charge in [-0.25, -0.2) is 4.79 Å². The molecule has 9 nitrogen and oxygen atoms in total. The summed E-state index contributed by atoms with van der Waals surface area (Å²) in [5.41, 5.74) is 6.49. The van der Waals surface area contributed by atoms with Crippen LogP contribution in [-0.4, -0.2) is 72.2 Å². The van der Waals surface area contributed by atoms with Gasteiger partial charge in [0.05, 0.1) is 4.92 Å². The Bertz CT molecular complexity index is 763. The molecule has 0 unspecified atom stereocenters. The van der Waals surface area contributed by atoms with Crippen LogP contribution in [0.15, 0.2) is 18.2 Å². The third-order valence-corrected chi connectivity index (χ3v) is 5.73. The van der Waals surface area contributed by atoms with Crippen molar-refractivity contribution in [3.05, 3.63) is 28.3 Å². The Hall–Kier alpha value is -2.55. The normalized spacial score (nSPS) is 19.0. The zero-order valence-electron chi connectivity index (χ0n) is 18.2. The van der Waals surface area contributed by atoms with Crippen LogP contribution in [0.3, 0.4) is 0 Å². The van der Waals surface area contributed by atoms with Crippen LogP contribution in [0.1, 0.15) is 33.6 Å². The van der Waals surface area contributed by atoms with Crippen LogP contribution in [0.25, 0.3) is 0 Å². The average molecular weight is 420 g/mol. The van der Waals surface area contributed by atoms with Gasteiger partial charge in [0.25, 0.3) is 5.69 Å². The second-order valence-electron chi connectivity index (χ2n) is 9.20. The van der Waals surface area contributed by atoms with Crippen LogP contribution in [-0.2, 0) is 4.74 Å². The van der Waals surface area contributed by atoms with E-state index in [2.05, 4.69) is 9.80 Å². The minimum atomic E-state index is -0.462. The molecule has 0 bridgehead atoms. The third-order valence-electron chi connectivity index (χ3n) is 5.73. The summed E-state index contributed by atoms with van der Waals surface area (Å²) in [4.78, 5) is 29.2. The van der Waals surface area contributed by atoms with E-state index in [9.17, 15) is 14.9 Å². The molecule has 0 spiro atoms. The average Bonchev–Trinajstić information content (AvgIpc) is 2.67. The Morgan fingerprint density at radius 3 is 2.33 bits per heavy atom. The number of hydrogen-bond acceptors (Lipinski definition) is 7. The van der Waals surface area contributed by atoms with Gasteiger partial charge in [0.15, 0.2) is 0 Å². The summed E-state index contributed by atoms with van der Waals surface area (Å²) in [5, 5.41) is 10.9. The molecule has 2 fully saturated rings. The number of nitrogens with two attached hydrogens (primary N) is 1. The first-order valence-electron chi connectivity index (χ1n) is 10.6. The van der Waals surface area contributed by atoms with E-state index in [0.29, 0.717) is 19.0 Å². The van der Waals surface area contributed by atoms with Crippen molar-refractivity contribution in [3.63, 3.8) is 0 Å². The lowest BCUT2D eigenvalue weighted by atomic mass is 9.95. The van der Waals surface area contributed by atoms with Gasteiger partial charge >= 0.3 is 6.09 Å². The zero-order chi connectivity index (χ0) is 21.9. The Labute approximate surface area is 177 Å². The van der Waals surface area contributed by atoms with Crippen molar-refractivity contribution in [2.75, 3.05) is 56.4 Å². The highest BCUT2D eigenvalue weighted by atomic mass is 16.6. The van der Waals surface area contributed by atoms with Crippen molar-refractivity contribution in [2.24, 2.45) is 5.92 Å². The predicted octanol–water partition coefficient (Wildman–Crippen LogP) is 2.95. The number of rotatable bonds is 4. The second-order valence-corrected chi connectivity index (χ2v) is 9.20. The second kappa shape index (κ2) is 9.07. The molecular formula is C21H33N5O4. The van der Waals surface area contributed by atoms with Crippen LogP contribution >= 0.6 is 0 Å². The number of anilines is 2. The molecule has 0 radical (unpaired) electrons. The highest BCUT2D eigenvalue weighted by molar-refractivity contribution is 5.68. The number of nitro benzene ring substituents is 1. The minimum Gasteiger partial charge on any atom is -0.444 e. The summed E-state index contributed by atoms with van der Waals surface area (Å²) in [5.74, 6) is 0.615. The lowest BCUT2D eigenvalue weighted by molar-refractivity contribution is -0.383. The van der Waals surface area contributed by atoms with Crippen molar-refractivity contribution < 1.29 is 14.5 Å². The number of nitrogen functional groups attached to an aromatic ring is 1. The lowest BCUT2D eigenvalue weighted by Crippen LogP contribution is -2.51. The summed E-state index contributed by atoms with van der Waals surface area (Å²) in [6.07, 6.45) is 1.92. The number of nitrogens with zero attached hydrogens (tertiary/aromatic N) is 4. The molecule has 2 saturated heterocycles. The first kappa shape index (κ1) is 22.1. The Morgan fingerprint density at radius 1 is 1.17 bits per heavy atom. The number of benzene rings is 1. The predicted molar refractivity (Wildman–Crippen MR) is 117 cm³/mol. The van der Waals surface area contributed by atoms with Crippen molar-refractivity contribution >= 4 is 23.2 Å². The zero-order valence-corrected chi connectivity index (χ0v) is 18.2. The number of piperazine rings is 1. The Balaban J connectivity index is 1.43. The molecule has 0 atom stereocenters. The SMILES string of the molecule is CC(C)(C)OC(=O)N1CCN(CC2CCN(c3ccc([N+](=O)[O-])c(N)c3)CC2)CC1. The molecule has 1 aromatic carbocycles. The maximum absolute atomic E-state index is 12.2. The highest BCUT2D eigenvalue weighted by Gasteiger charge is 2.28. The van der Waals surface area contributed by atoms with Gasteiger partial charge in [-0.15, -0.1) is 0 Å². The maximum Gasteiger partial charge on any atom is 0.410 e. The Morgan fingerprint density at radius 2 is 1.80 bits per heavy atom. The van der Waals surface area contributed by atoms with E-state index in [-0.39, 0.29) is 17.5 Å². The van der Waals surface area contributed by atoms with Gasteiger partial charge in [0.2, 0.25) is 0 Å². The summed E-state index contributed by atoms with van der Waals surface area (Å²) in [6, 6.07) is 4.97. The first-order valence-corrected chi connectivity index (χ1v) is 10.6. The monoisotopic (exact) mass is 419 g/mol. The molecular weight excluding hydrogens is 386 g/mol. The van der Waals surface area contributed by atoms with E-state index in [0.717, 1.165) is 51.3 Å².